The van der Waals surface area contributed by atoms with Crippen LogP contribution in [0.1, 0.15) is 10.4 Å². The summed E-state index contributed by atoms with van der Waals surface area (Å²) in [6.07, 6.45) is 0. The number of rotatable bonds is 4. The van der Waals surface area contributed by atoms with Gasteiger partial charge in [-0.05, 0) is 29.8 Å². The van der Waals surface area contributed by atoms with Gasteiger partial charge in [-0.1, -0.05) is 46.3 Å². The first-order chi connectivity index (χ1) is 8.29. The van der Waals surface area contributed by atoms with E-state index in [0.29, 0.717) is 0 Å². The monoisotopic (exact) mass is 292 g/mol. The van der Waals surface area contributed by atoms with Crippen molar-refractivity contribution in [2.75, 3.05) is 6.61 Å². The highest BCUT2D eigenvalue weighted by Gasteiger charge is 2.06. The summed E-state index contributed by atoms with van der Waals surface area (Å²) >= 11 is 3.40. The zero-order valence-electron chi connectivity index (χ0n) is 9.21. The van der Waals surface area contributed by atoms with E-state index in [1.165, 1.54) is 0 Å². The molecule has 17 heavy (non-hydrogen) atoms. The third-order valence-corrected chi connectivity index (χ3v) is 3.18. The molecule has 2 rings (SSSR count). The van der Waals surface area contributed by atoms with E-state index >= 15 is 0 Å². The third-order valence-electron chi connectivity index (χ3n) is 2.36. The lowest BCUT2D eigenvalue weighted by Gasteiger charge is -2.10. The molecule has 0 saturated carbocycles. The van der Waals surface area contributed by atoms with Gasteiger partial charge in [0.1, 0.15) is 11.5 Å². The summed E-state index contributed by atoms with van der Waals surface area (Å²) in [5.41, 5.74) is 1.00. The van der Waals surface area contributed by atoms with E-state index < -0.39 is 0 Å². The largest absolute Gasteiger partial charge is 0.457 e. The minimum atomic E-state index is -0.0539. The average molecular weight is 293 g/mol. The number of hydrogen-bond acceptors (Lipinski definition) is 2. The Morgan fingerprint density at radius 2 is 1.71 bits per heavy atom. The van der Waals surface area contributed by atoms with Crippen molar-refractivity contribution in [2.24, 2.45) is 0 Å². The Labute approximate surface area is 109 Å². The highest BCUT2D eigenvalue weighted by molar-refractivity contribution is 9.09. The third kappa shape index (κ3) is 3.32. The first-order valence-electron chi connectivity index (χ1n) is 5.37. The van der Waals surface area contributed by atoms with Crippen molar-refractivity contribution in [3.63, 3.8) is 0 Å². The van der Waals surface area contributed by atoms with Crippen LogP contribution in [0.4, 0.5) is 0 Å². The predicted octanol–water partition coefficient (Wildman–Crippen LogP) is 3.91. The molecular formula is C14H13BrO2. The number of aliphatic hydroxyl groups excluding tert-OH is 1. The van der Waals surface area contributed by atoms with Crippen LogP contribution < -0.4 is 4.74 Å². The van der Waals surface area contributed by atoms with Crippen molar-refractivity contribution in [1.82, 2.24) is 0 Å². The lowest BCUT2D eigenvalue weighted by Crippen LogP contribution is -1.95. The molecule has 1 N–H and O–H groups in total. The van der Waals surface area contributed by atoms with Gasteiger partial charge in [0.25, 0.3) is 0 Å². The molecule has 1 atom stereocenters. The first-order valence-corrected chi connectivity index (χ1v) is 6.29. The van der Waals surface area contributed by atoms with Gasteiger partial charge in [-0.15, -0.1) is 0 Å². The van der Waals surface area contributed by atoms with E-state index in [9.17, 15) is 0 Å². The molecule has 0 fully saturated rings. The van der Waals surface area contributed by atoms with Crippen molar-refractivity contribution in [3.05, 3.63) is 60.2 Å². The summed E-state index contributed by atoms with van der Waals surface area (Å²) in [4.78, 5) is -0.0539. The molecule has 2 nitrogen and oxygen atoms in total. The zero-order valence-corrected chi connectivity index (χ0v) is 10.8. The van der Waals surface area contributed by atoms with Gasteiger partial charge in [0.15, 0.2) is 0 Å². The number of para-hydroxylation sites is 1. The fourth-order valence-corrected chi connectivity index (χ4v) is 1.79. The van der Waals surface area contributed by atoms with Crippen LogP contribution in [0.3, 0.4) is 0 Å². The minimum absolute atomic E-state index is 0.0539. The van der Waals surface area contributed by atoms with Gasteiger partial charge in [-0.2, -0.15) is 0 Å². The average Bonchev–Trinajstić information content (AvgIpc) is 2.39. The summed E-state index contributed by atoms with van der Waals surface area (Å²) in [5.74, 6) is 1.58. The molecule has 2 aromatic rings. The smallest absolute Gasteiger partial charge is 0.127 e. The Bertz CT molecular complexity index is 471. The molecule has 0 heterocycles. The molecule has 1 unspecified atom stereocenters. The number of aliphatic hydroxyl groups is 1. The number of alkyl halides is 1. The van der Waals surface area contributed by atoms with Crippen molar-refractivity contribution >= 4 is 15.9 Å². The lowest BCUT2D eigenvalue weighted by molar-refractivity contribution is 0.298. The summed E-state index contributed by atoms with van der Waals surface area (Å²) in [7, 11) is 0. The number of benzene rings is 2. The number of halogens is 1. The van der Waals surface area contributed by atoms with E-state index in [1.54, 1.807) is 0 Å². The van der Waals surface area contributed by atoms with Crippen molar-refractivity contribution < 1.29 is 9.84 Å². The number of ether oxygens (including phenoxy) is 1. The summed E-state index contributed by atoms with van der Waals surface area (Å²) in [6.45, 7) is 0.0643. The van der Waals surface area contributed by atoms with E-state index in [4.69, 9.17) is 9.84 Å². The van der Waals surface area contributed by atoms with Crippen LogP contribution in [0.2, 0.25) is 0 Å². The van der Waals surface area contributed by atoms with Crippen LogP contribution in [0.15, 0.2) is 54.6 Å². The molecule has 88 valence electrons. The first kappa shape index (κ1) is 12.1. The fourth-order valence-electron chi connectivity index (χ4n) is 1.50. The quantitative estimate of drug-likeness (QED) is 0.866. The number of hydrogen-bond donors (Lipinski definition) is 1. The van der Waals surface area contributed by atoms with Gasteiger partial charge in [-0.3, -0.25) is 0 Å². The van der Waals surface area contributed by atoms with Gasteiger partial charge in [0.2, 0.25) is 0 Å². The van der Waals surface area contributed by atoms with Crippen LogP contribution in [-0.4, -0.2) is 11.7 Å². The molecule has 0 bridgehead atoms. The molecule has 0 aliphatic rings. The van der Waals surface area contributed by atoms with Gasteiger partial charge in [-0.25, -0.2) is 0 Å². The molecule has 0 aromatic heterocycles. The molecular weight excluding hydrogens is 280 g/mol. The molecule has 0 amide bonds. The summed E-state index contributed by atoms with van der Waals surface area (Å²) in [6, 6.07) is 17.3. The van der Waals surface area contributed by atoms with Crippen LogP contribution in [0, 0.1) is 0 Å². The normalized spacial score (nSPS) is 12.1. The minimum Gasteiger partial charge on any atom is -0.457 e. The Morgan fingerprint density at radius 3 is 2.41 bits per heavy atom. The molecule has 0 saturated heterocycles. The Balaban J connectivity index is 2.17. The lowest BCUT2D eigenvalue weighted by atomic mass is 10.1. The van der Waals surface area contributed by atoms with E-state index in [-0.39, 0.29) is 11.4 Å². The maximum atomic E-state index is 9.08. The standard InChI is InChI=1S/C14H13BrO2/c15-14(10-16)11-5-4-8-13(9-11)17-12-6-2-1-3-7-12/h1-9,14,16H,10H2. The molecule has 0 aliphatic heterocycles. The Morgan fingerprint density at radius 1 is 1.00 bits per heavy atom. The SMILES string of the molecule is OCC(Br)c1cccc(Oc2ccccc2)c1. The van der Waals surface area contributed by atoms with Crippen LogP contribution >= 0.6 is 15.9 Å². The van der Waals surface area contributed by atoms with E-state index in [0.717, 1.165) is 17.1 Å². The maximum absolute atomic E-state index is 9.08. The van der Waals surface area contributed by atoms with Gasteiger partial charge in [0, 0.05) is 0 Å². The van der Waals surface area contributed by atoms with Crippen LogP contribution in [0.25, 0.3) is 0 Å². The van der Waals surface area contributed by atoms with Crippen molar-refractivity contribution in [3.8, 4) is 11.5 Å². The Kier molecular flexibility index (Phi) is 4.18. The van der Waals surface area contributed by atoms with Crippen LogP contribution in [-0.2, 0) is 0 Å². The van der Waals surface area contributed by atoms with Crippen molar-refractivity contribution in [2.45, 2.75) is 4.83 Å². The van der Waals surface area contributed by atoms with Crippen molar-refractivity contribution in [1.29, 1.82) is 0 Å². The van der Waals surface area contributed by atoms with Gasteiger partial charge < -0.3 is 9.84 Å². The molecule has 3 heteroatoms. The maximum Gasteiger partial charge on any atom is 0.127 e. The van der Waals surface area contributed by atoms with E-state index in [2.05, 4.69) is 15.9 Å². The molecule has 0 radical (unpaired) electrons. The zero-order chi connectivity index (χ0) is 12.1. The molecule has 2 aromatic carbocycles. The van der Waals surface area contributed by atoms with Gasteiger partial charge in [0.05, 0.1) is 11.4 Å². The topological polar surface area (TPSA) is 29.5 Å². The predicted molar refractivity (Wildman–Crippen MR) is 71.7 cm³/mol. The highest BCUT2D eigenvalue weighted by Crippen LogP contribution is 2.27. The summed E-state index contributed by atoms with van der Waals surface area (Å²) in [5, 5.41) is 9.08. The second-order valence-corrected chi connectivity index (χ2v) is 4.74. The van der Waals surface area contributed by atoms with Crippen LogP contribution in [0.5, 0.6) is 11.5 Å². The van der Waals surface area contributed by atoms with Gasteiger partial charge >= 0.3 is 0 Å². The Hall–Kier alpha value is -1.32. The highest BCUT2D eigenvalue weighted by atomic mass is 79.9. The fraction of sp³-hybridized carbons (Fsp3) is 0.143. The second-order valence-electron chi connectivity index (χ2n) is 3.64. The van der Waals surface area contributed by atoms with E-state index in [1.807, 2.05) is 54.6 Å². The molecule has 0 aliphatic carbocycles. The summed E-state index contributed by atoms with van der Waals surface area (Å²) < 4.78 is 5.71. The molecule has 0 spiro atoms. The second kappa shape index (κ2) is 5.84.